The molecule has 1 aromatic heterocycles. The number of carbonyl (C=O) groups is 2. The van der Waals surface area contributed by atoms with Crippen LogP contribution in [-0.2, 0) is 16.1 Å². The minimum atomic E-state index is -0.420. The van der Waals surface area contributed by atoms with E-state index < -0.39 is 6.04 Å². The highest BCUT2D eigenvalue weighted by Gasteiger charge is 2.38. The minimum Gasteiger partial charge on any atom is -0.343 e. The van der Waals surface area contributed by atoms with E-state index in [2.05, 4.69) is 19.2 Å². The predicted molar refractivity (Wildman–Crippen MR) is 75.7 cm³/mol. The SMILES string of the molecule is CC(C)CC1C(=O)NC(C)C(=O)N1Cc1cccs1. The minimum absolute atomic E-state index is 0.0126. The van der Waals surface area contributed by atoms with Crippen molar-refractivity contribution in [2.24, 2.45) is 5.92 Å². The highest BCUT2D eigenvalue weighted by molar-refractivity contribution is 7.09. The Bertz CT molecular complexity index is 456. The summed E-state index contributed by atoms with van der Waals surface area (Å²) < 4.78 is 0. The van der Waals surface area contributed by atoms with Gasteiger partial charge in [0.15, 0.2) is 0 Å². The Labute approximate surface area is 117 Å². The van der Waals surface area contributed by atoms with Crippen LogP contribution in [0.1, 0.15) is 32.1 Å². The third-order valence-electron chi connectivity index (χ3n) is 3.29. The van der Waals surface area contributed by atoms with Gasteiger partial charge in [-0.05, 0) is 30.7 Å². The van der Waals surface area contributed by atoms with E-state index in [1.807, 2.05) is 17.5 Å². The molecule has 1 fully saturated rings. The van der Waals surface area contributed by atoms with E-state index in [1.165, 1.54) is 0 Å². The van der Waals surface area contributed by atoms with Crippen molar-refractivity contribution in [2.75, 3.05) is 0 Å². The lowest BCUT2D eigenvalue weighted by atomic mass is 9.98. The van der Waals surface area contributed by atoms with Gasteiger partial charge in [-0.15, -0.1) is 11.3 Å². The highest BCUT2D eigenvalue weighted by atomic mass is 32.1. The first kappa shape index (κ1) is 14.1. The molecule has 0 saturated carbocycles. The summed E-state index contributed by atoms with van der Waals surface area (Å²) in [4.78, 5) is 27.3. The molecule has 4 nitrogen and oxygen atoms in total. The van der Waals surface area contributed by atoms with Gasteiger partial charge in [0.2, 0.25) is 11.8 Å². The zero-order chi connectivity index (χ0) is 14.0. The first-order valence-electron chi connectivity index (χ1n) is 6.62. The lowest BCUT2D eigenvalue weighted by molar-refractivity contribution is -0.150. The standard InChI is InChI=1S/C14H20N2O2S/c1-9(2)7-12-13(17)15-10(3)14(18)16(12)8-11-5-4-6-19-11/h4-6,9-10,12H,7-8H2,1-3H3,(H,15,17). The summed E-state index contributed by atoms with van der Waals surface area (Å²) in [7, 11) is 0. The quantitative estimate of drug-likeness (QED) is 0.917. The van der Waals surface area contributed by atoms with Crippen LogP contribution in [0.15, 0.2) is 17.5 Å². The van der Waals surface area contributed by atoms with Gasteiger partial charge < -0.3 is 10.2 Å². The maximum atomic E-state index is 12.3. The molecule has 2 atom stereocenters. The molecule has 1 aliphatic rings. The van der Waals surface area contributed by atoms with Gasteiger partial charge in [0.25, 0.3) is 0 Å². The van der Waals surface area contributed by atoms with Gasteiger partial charge in [0.05, 0.1) is 6.54 Å². The molecule has 0 spiro atoms. The number of carbonyl (C=O) groups excluding carboxylic acids is 2. The second-order valence-corrected chi connectivity index (χ2v) is 6.45. The molecule has 0 aliphatic carbocycles. The second kappa shape index (κ2) is 5.74. The van der Waals surface area contributed by atoms with Gasteiger partial charge in [-0.3, -0.25) is 9.59 Å². The molecule has 2 rings (SSSR count). The van der Waals surface area contributed by atoms with Crippen LogP contribution in [0, 0.1) is 5.92 Å². The van der Waals surface area contributed by atoms with Crippen LogP contribution >= 0.6 is 11.3 Å². The average Bonchev–Trinajstić information content (AvgIpc) is 2.83. The van der Waals surface area contributed by atoms with Gasteiger partial charge in [0, 0.05) is 4.88 Å². The summed E-state index contributed by atoms with van der Waals surface area (Å²) >= 11 is 1.62. The third kappa shape index (κ3) is 3.15. The van der Waals surface area contributed by atoms with Gasteiger partial charge in [0.1, 0.15) is 12.1 Å². The first-order valence-corrected chi connectivity index (χ1v) is 7.50. The Morgan fingerprint density at radius 3 is 2.74 bits per heavy atom. The number of nitrogens with one attached hydrogen (secondary N) is 1. The van der Waals surface area contributed by atoms with E-state index in [9.17, 15) is 9.59 Å². The van der Waals surface area contributed by atoms with Gasteiger partial charge in [-0.25, -0.2) is 0 Å². The molecule has 2 unspecified atom stereocenters. The zero-order valence-electron chi connectivity index (χ0n) is 11.6. The summed E-state index contributed by atoms with van der Waals surface area (Å²) in [5.41, 5.74) is 0. The van der Waals surface area contributed by atoms with Gasteiger partial charge in [-0.1, -0.05) is 19.9 Å². The Balaban J connectivity index is 2.20. The van der Waals surface area contributed by atoms with E-state index in [-0.39, 0.29) is 17.9 Å². The monoisotopic (exact) mass is 280 g/mol. The van der Waals surface area contributed by atoms with Crippen molar-refractivity contribution in [1.82, 2.24) is 10.2 Å². The molecule has 1 saturated heterocycles. The molecule has 1 aromatic rings. The maximum Gasteiger partial charge on any atom is 0.245 e. The molecule has 104 valence electrons. The number of thiophene rings is 1. The average molecular weight is 280 g/mol. The van der Waals surface area contributed by atoms with Gasteiger partial charge >= 0.3 is 0 Å². The van der Waals surface area contributed by atoms with Crippen LogP contribution in [0.4, 0.5) is 0 Å². The zero-order valence-corrected chi connectivity index (χ0v) is 12.4. The Hall–Kier alpha value is -1.36. The fourth-order valence-electron chi connectivity index (χ4n) is 2.35. The Morgan fingerprint density at radius 1 is 1.42 bits per heavy atom. The third-order valence-corrected chi connectivity index (χ3v) is 4.15. The topological polar surface area (TPSA) is 49.4 Å². The van der Waals surface area contributed by atoms with Crippen molar-refractivity contribution in [3.05, 3.63) is 22.4 Å². The van der Waals surface area contributed by atoms with Crippen LogP contribution in [0.2, 0.25) is 0 Å². The van der Waals surface area contributed by atoms with Crippen molar-refractivity contribution in [3.8, 4) is 0 Å². The van der Waals surface area contributed by atoms with E-state index in [4.69, 9.17) is 0 Å². The van der Waals surface area contributed by atoms with E-state index in [0.29, 0.717) is 18.9 Å². The number of rotatable bonds is 4. The molecular weight excluding hydrogens is 260 g/mol. The molecule has 5 heteroatoms. The molecule has 0 radical (unpaired) electrons. The summed E-state index contributed by atoms with van der Waals surface area (Å²) in [5, 5.41) is 4.76. The summed E-state index contributed by atoms with van der Waals surface area (Å²) in [6.45, 7) is 6.41. The molecule has 1 aliphatic heterocycles. The van der Waals surface area contributed by atoms with Crippen LogP contribution in [0.3, 0.4) is 0 Å². The summed E-state index contributed by atoms with van der Waals surface area (Å²) in [6, 6.07) is 3.21. The fourth-order valence-corrected chi connectivity index (χ4v) is 3.06. The molecule has 1 N–H and O–H groups in total. The van der Waals surface area contributed by atoms with Crippen LogP contribution < -0.4 is 5.32 Å². The van der Waals surface area contributed by atoms with E-state index in [0.717, 1.165) is 4.88 Å². The highest BCUT2D eigenvalue weighted by Crippen LogP contribution is 2.21. The van der Waals surface area contributed by atoms with Crippen molar-refractivity contribution >= 4 is 23.2 Å². The van der Waals surface area contributed by atoms with Crippen molar-refractivity contribution in [2.45, 2.75) is 45.8 Å². The van der Waals surface area contributed by atoms with Crippen molar-refractivity contribution < 1.29 is 9.59 Å². The van der Waals surface area contributed by atoms with Crippen LogP contribution in [0.25, 0.3) is 0 Å². The number of piperazine rings is 1. The van der Waals surface area contributed by atoms with Crippen LogP contribution in [0.5, 0.6) is 0 Å². The Morgan fingerprint density at radius 2 is 2.16 bits per heavy atom. The smallest absolute Gasteiger partial charge is 0.245 e. The largest absolute Gasteiger partial charge is 0.343 e. The second-order valence-electron chi connectivity index (χ2n) is 5.42. The molecule has 19 heavy (non-hydrogen) atoms. The molecule has 2 amide bonds. The molecule has 2 heterocycles. The molecule has 0 aromatic carbocycles. The first-order chi connectivity index (χ1) is 8.99. The number of nitrogens with zero attached hydrogens (tertiary/aromatic N) is 1. The summed E-state index contributed by atoms with van der Waals surface area (Å²) in [6.07, 6.45) is 0.704. The number of amides is 2. The lowest BCUT2D eigenvalue weighted by Crippen LogP contribution is -2.62. The van der Waals surface area contributed by atoms with Crippen LogP contribution in [-0.4, -0.2) is 28.8 Å². The lowest BCUT2D eigenvalue weighted by Gasteiger charge is -2.38. The normalized spacial score (nSPS) is 23.9. The predicted octanol–water partition coefficient (Wildman–Crippen LogP) is 2.01. The molecule has 0 bridgehead atoms. The Kier molecular flexibility index (Phi) is 4.24. The summed E-state index contributed by atoms with van der Waals surface area (Å²) in [5.74, 6) is 0.360. The van der Waals surface area contributed by atoms with Gasteiger partial charge in [-0.2, -0.15) is 0 Å². The van der Waals surface area contributed by atoms with E-state index >= 15 is 0 Å². The maximum absolute atomic E-state index is 12.3. The number of hydrogen-bond acceptors (Lipinski definition) is 3. The van der Waals surface area contributed by atoms with E-state index in [1.54, 1.807) is 23.2 Å². The fraction of sp³-hybridized carbons (Fsp3) is 0.571. The molecular formula is C14H20N2O2S. The van der Waals surface area contributed by atoms with Crippen molar-refractivity contribution in [1.29, 1.82) is 0 Å². The van der Waals surface area contributed by atoms with Crippen molar-refractivity contribution in [3.63, 3.8) is 0 Å². The number of hydrogen-bond donors (Lipinski definition) is 1.